The van der Waals surface area contributed by atoms with Gasteiger partial charge in [0, 0.05) is 25.3 Å². The van der Waals surface area contributed by atoms with E-state index in [0.717, 1.165) is 18.8 Å². The molecule has 0 N–H and O–H groups in total. The summed E-state index contributed by atoms with van der Waals surface area (Å²) in [7, 11) is 4.11. The molecule has 17 heavy (non-hydrogen) atoms. The number of hydrogen-bond donors (Lipinski definition) is 0. The lowest BCUT2D eigenvalue weighted by Crippen LogP contribution is -2.40. The molecule has 0 radical (unpaired) electrons. The summed E-state index contributed by atoms with van der Waals surface area (Å²) in [6.45, 7) is 6.08. The van der Waals surface area contributed by atoms with Gasteiger partial charge in [-0.15, -0.1) is 0 Å². The summed E-state index contributed by atoms with van der Waals surface area (Å²) < 4.78 is 0. The number of anilines is 1. The highest BCUT2D eigenvalue weighted by Gasteiger charge is 2.16. The number of likely N-dealkylation sites (N-methyl/N-ethyl adjacent to an activating group) is 2. The van der Waals surface area contributed by atoms with E-state index in [4.69, 9.17) is 5.26 Å². The Morgan fingerprint density at radius 3 is 2.71 bits per heavy atom. The number of nitriles is 1. The molecule has 0 saturated carbocycles. The molecule has 0 aliphatic heterocycles. The van der Waals surface area contributed by atoms with Crippen LogP contribution >= 0.6 is 0 Å². The minimum atomic E-state index is 0.353. The normalized spacial score (nSPS) is 12.2. The van der Waals surface area contributed by atoms with Gasteiger partial charge in [0.25, 0.3) is 0 Å². The van der Waals surface area contributed by atoms with Crippen molar-refractivity contribution in [2.45, 2.75) is 19.9 Å². The highest BCUT2D eigenvalue weighted by Crippen LogP contribution is 2.20. The molecule has 0 aromatic carbocycles. The Bertz CT molecular complexity index is 395. The molecule has 1 atom stereocenters. The fraction of sp³-hybridized carbons (Fsp3) is 0.538. The second kappa shape index (κ2) is 6.21. The Morgan fingerprint density at radius 2 is 2.18 bits per heavy atom. The maximum atomic E-state index is 9.11. The molecule has 4 nitrogen and oxygen atoms in total. The summed E-state index contributed by atoms with van der Waals surface area (Å²) in [5, 5.41) is 9.11. The zero-order valence-corrected chi connectivity index (χ0v) is 11.0. The summed E-state index contributed by atoms with van der Waals surface area (Å²) in [6, 6.07) is 4.34. The Morgan fingerprint density at radius 1 is 1.47 bits per heavy atom. The zero-order chi connectivity index (χ0) is 12.8. The highest BCUT2D eigenvalue weighted by atomic mass is 15.2. The first-order valence-corrected chi connectivity index (χ1v) is 5.85. The van der Waals surface area contributed by atoms with Gasteiger partial charge in [0.2, 0.25) is 0 Å². The third kappa shape index (κ3) is 3.43. The van der Waals surface area contributed by atoms with Crippen LogP contribution in [0.3, 0.4) is 0 Å². The van der Waals surface area contributed by atoms with Crippen molar-refractivity contribution in [1.82, 2.24) is 9.88 Å². The predicted molar refractivity (Wildman–Crippen MR) is 70.0 cm³/mol. The van der Waals surface area contributed by atoms with Gasteiger partial charge in [-0.25, -0.2) is 0 Å². The molecule has 0 bridgehead atoms. The van der Waals surface area contributed by atoms with Crippen molar-refractivity contribution >= 4 is 5.69 Å². The van der Waals surface area contributed by atoms with Gasteiger partial charge >= 0.3 is 0 Å². The average molecular weight is 232 g/mol. The third-order valence-corrected chi connectivity index (χ3v) is 2.73. The average Bonchev–Trinajstić information content (AvgIpc) is 2.29. The number of aromatic nitrogens is 1. The lowest BCUT2D eigenvalue weighted by molar-refractivity contribution is 0.373. The van der Waals surface area contributed by atoms with Gasteiger partial charge in [-0.05, 0) is 34.0 Å². The number of nitrogens with zero attached hydrogens (tertiary/aromatic N) is 4. The Balaban J connectivity index is 2.97. The molecule has 1 aromatic rings. The van der Waals surface area contributed by atoms with E-state index in [1.807, 2.05) is 0 Å². The van der Waals surface area contributed by atoms with Gasteiger partial charge in [0.15, 0.2) is 0 Å². The lowest BCUT2D eigenvalue weighted by Gasteiger charge is -2.32. The van der Waals surface area contributed by atoms with Crippen molar-refractivity contribution in [2.24, 2.45) is 0 Å². The van der Waals surface area contributed by atoms with Gasteiger partial charge in [-0.3, -0.25) is 4.98 Å². The van der Waals surface area contributed by atoms with E-state index in [-0.39, 0.29) is 0 Å². The van der Waals surface area contributed by atoms with Crippen molar-refractivity contribution in [3.8, 4) is 6.07 Å². The van der Waals surface area contributed by atoms with Crippen LogP contribution in [-0.4, -0.2) is 43.1 Å². The molecule has 1 heterocycles. The number of rotatable bonds is 5. The largest absolute Gasteiger partial charge is 0.366 e. The van der Waals surface area contributed by atoms with E-state index in [1.165, 1.54) is 0 Å². The summed E-state index contributed by atoms with van der Waals surface area (Å²) in [5.74, 6) is 0. The molecule has 0 fully saturated rings. The molecule has 4 heteroatoms. The standard InChI is InChI=1S/C13H20N4/c1-5-17(11(2)10-16(3)4)13-9-15-7-6-12(13)8-14/h6-7,9,11H,5,10H2,1-4H3. The van der Waals surface area contributed by atoms with Crippen molar-refractivity contribution in [1.29, 1.82) is 5.26 Å². The molecule has 1 unspecified atom stereocenters. The predicted octanol–water partition coefficient (Wildman–Crippen LogP) is 1.73. The van der Waals surface area contributed by atoms with E-state index >= 15 is 0 Å². The minimum Gasteiger partial charge on any atom is -0.366 e. The van der Waals surface area contributed by atoms with Crippen molar-refractivity contribution in [3.63, 3.8) is 0 Å². The second-order valence-corrected chi connectivity index (χ2v) is 4.40. The van der Waals surface area contributed by atoms with Crippen molar-refractivity contribution < 1.29 is 0 Å². The fourth-order valence-electron chi connectivity index (χ4n) is 2.06. The Labute approximate surface area is 103 Å². The van der Waals surface area contributed by atoms with Gasteiger partial charge in [-0.2, -0.15) is 5.26 Å². The van der Waals surface area contributed by atoms with E-state index in [2.05, 4.69) is 48.8 Å². The topological polar surface area (TPSA) is 43.2 Å². The smallest absolute Gasteiger partial charge is 0.101 e. The molecule has 0 saturated heterocycles. The summed E-state index contributed by atoms with van der Waals surface area (Å²) in [4.78, 5) is 8.48. The van der Waals surface area contributed by atoms with Crippen LogP contribution in [0.25, 0.3) is 0 Å². The van der Waals surface area contributed by atoms with Crippen LogP contribution in [0, 0.1) is 11.3 Å². The molecule has 0 amide bonds. The van der Waals surface area contributed by atoms with Gasteiger partial charge in [0.1, 0.15) is 6.07 Å². The molecule has 92 valence electrons. The Kier molecular flexibility index (Phi) is 4.92. The van der Waals surface area contributed by atoms with Crippen molar-refractivity contribution in [2.75, 3.05) is 32.1 Å². The summed E-state index contributed by atoms with van der Waals surface area (Å²) in [6.07, 6.45) is 3.43. The van der Waals surface area contributed by atoms with Gasteiger partial charge in [-0.1, -0.05) is 0 Å². The molecular weight excluding hydrogens is 212 g/mol. The fourth-order valence-corrected chi connectivity index (χ4v) is 2.06. The molecule has 1 aromatic heterocycles. The maximum absolute atomic E-state index is 9.11. The third-order valence-electron chi connectivity index (χ3n) is 2.73. The van der Waals surface area contributed by atoms with Crippen LogP contribution in [0.2, 0.25) is 0 Å². The van der Waals surface area contributed by atoms with Crippen LogP contribution in [0.15, 0.2) is 18.5 Å². The van der Waals surface area contributed by atoms with Gasteiger partial charge < -0.3 is 9.80 Å². The van der Waals surface area contributed by atoms with Crippen molar-refractivity contribution in [3.05, 3.63) is 24.0 Å². The first-order chi connectivity index (χ1) is 8.10. The van der Waals surface area contributed by atoms with Crippen LogP contribution in [0.4, 0.5) is 5.69 Å². The number of hydrogen-bond acceptors (Lipinski definition) is 4. The summed E-state index contributed by atoms with van der Waals surface area (Å²) in [5.41, 5.74) is 1.61. The van der Waals surface area contributed by atoms with Crippen LogP contribution < -0.4 is 4.90 Å². The van der Waals surface area contributed by atoms with Crippen LogP contribution in [0.1, 0.15) is 19.4 Å². The second-order valence-electron chi connectivity index (χ2n) is 4.40. The maximum Gasteiger partial charge on any atom is 0.101 e. The molecule has 1 rings (SSSR count). The highest BCUT2D eigenvalue weighted by molar-refractivity contribution is 5.58. The van der Waals surface area contributed by atoms with Crippen LogP contribution in [0.5, 0.6) is 0 Å². The molecular formula is C13H20N4. The lowest BCUT2D eigenvalue weighted by atomic mass is 10.1. The number of pyridine rings is 1. The van der Waals surface area contributed by atoms with E-state index < -0.39 is 0 Å². The van der Waals surface area contributed by atoms with Gasteiger partial charge in [0.05, 0.1) is 17.4 Å². The van der Waals surface area contributed by atoms with E-state index in [0.29, 0.717) is 11.6 Å². The zero-order valence-electron chi connectivity index (χ0n) is 11.0. The van der Waals surface area contributed by atoms with Crippen LogP contribution in [-0.2, 0) is 0 Å². The summed E-state index contributed by atoms with van der Waals surface area (Å²) >= 11 is 0. The van der Waals surface area contributed by atoms with E-state index in [1.54, 1.807) is 18.5 Å². The Hall–Kier alpha value is -1.60. The monoisotopic (exact) mass is 232 g/mol. The first-order valence-electron chi connectivity index (χ1n) is 5.85. The van der Waals surface area contributed by atoms with E-state index in [9.17, 15) is 0 Å². The SMILES string of the molecule is CCN(c1cnccc1C#N)C(C)CN(C)C. The molecule has 0 aliphatic carbocycles. The molecule has 0 spiro atoms. The first kappa shape index (κ1) is 13.5. The minimum absolute atomic E-state index is 0.353. The quantitative estimate of drug-likeness (QED) is 0.775. The molecule has 0 aliphatic rings.